The quantitative estimate of drug-likeness (QED) is 0.685. The van der Waals surface area contributed by atoms with Gasteiger partial charge in [-0.05, 0) is 68.4 Å². The minimum atomic E-state index is -0.0308. The lowest BCUT2D eigenvalue weighted by atomic mass is 9.48. The Labute approximate surface area is 182 Å². The van der Waals surface area contributed by atoms with E-state index < -0.39 is 0 Å². The number of nitrogens with zero attached hydrogens (tertiary/aromatic N) is 4. The van der Waals surface area contributed by atoms with Crippen molar-refractivity contribution in [2.45, 2.75) is 50.5 Å². The summed E-state index contributed by atoms with van der Waals surface area (Å²) in [5, 5.41) is 12.4. The summed E-state index contributed by atoms with van der Waals surface area (Å²) in [6.45, 7) is 0.476. The maximum atomic E-state index is 13.4. The normalized spacial score (nSPS) is 28.7. The Morgan fingerprint density at radius 1 is 1.06 bits per heavy atom. The Hall–Kier alpha value is -2.89. The molecule has 3 aromatic rings. The summed E-state index contributed by atoms with van der Waals surface area (Å²) < 4.78 is 3.67. The number of para-hydroxylation sites is 1. The molecule has 0 unspecified atom stereocenters. The number of carbonyl (C=O) groups is 1. The average molecular weight is 416 g/mol. The second kappa shape index (κ2) is 7.08. The Morgan fingerprint density at radius 3 is 2.35 bits per heavy atom. The van der Waals surface area contributed by atoms with E-state index in [1.54, 1.807) is 10.9 Å². The highest BCUT2D eigenvalue weighted by atomic mass is 16.1. The molecule has 4 aliphatic carbocycles. The monoisotopic (exact) mass is 415 g/mol. The van der Waals surface area contributed by atoms with Crippen molar-refractivity contribution in [1.82, 2.24) is 24.9 Å². The topological polar surface area (TPSA) is 64.7 Å². The highest BCUT2D eigenvalue weighted by Crippen LogP contribution is 2.60. The third-order valence-electron chi connectivity index (χ3n) is 7.73. The second-order valence-corrected chi connectivity index (χ2v) is 10.1. The average Bonchev–Trinajstić information content (AvgIpc) is 3.39. The number of nitrogens with one attached hydrogen (secondary N) is 1. The predicted octanol–water partition coefficient (Wildman–Crippen LogP) is 4.00. The molecule has 4 saturated carbocycles. The van der Waals surface area contributed by atoms with Gasteiger partial charge in [-0.3, -0.25) is 9.48 Å². The Kier molecular flexibility index (Phi) is 4.30. The van der Waals surface area contributed by atoms with Crippen LogP contribution in [0.4, 0.5) is 0 Å². The first-order valence-electron chi connectivity index (χ1n) is 11.5. The third-order valence-corrected chi connectivity index (χ3v) is 7.73. The lowest BCUT2D eigenvalue weighted by Gasteiger charge is -2.56. The largest absolute Gasteiger partial charge is 0.348 e. The van der Waals surface area contributed by atoms with Crippen molar-refractivity contribution in [3.05, 3.63) is 65.7 Å². The number of hydrogen-bond acceptors (Lipinski definition) is 3. The summed E-state index contributed by atoms with van der Waals surface area (Å²) >= 11 is 0. The van der Waals surface area contributed by atoms with Crippen LogP contribution >= 0.6 is 0 Å². The van der Waals surface area contributed by atoms with Gasteiger partial charge in [-0.25, -0.2) is 4.68 Å². The SMILES string of the molecule is Cn1cc(CNC(=O)c2cn(-c3ccccc3)nc2C23CC4CC(CC(C4)C2)C3)cn1. The van der Waals surface area contributed by atoms with Crippen LogP contribution in [0, 0.1) is 17.8 Å². The zero-order valence-electron chi connectivity index (χ0n) is 18.0. The molecule has 6 nitrogen and oxygen atoms in total. The molecule has 6 heteroatoms. The zero-order valence-corrected chi connectivity index (χ0v) is 18.0. The molecule has 0 spiro atoms. The molecule has 7 rings (SSSR count). The van der Waals surface area contributed by atoms with E-state index in [1.165, 1.54) is 38.5 Å². The number of aromatic nitrogens is 4. The fourth-order valence-corrected chi connectivity index (χ4v) is 6.89. The number of carbonyl (C=O) groups excluding carboxylic acids is 1. The predicted molar refractivity (Wildman–Crippen MR) is 118 cm³/mol. The van der Waals surface area contributed by atoms with Crippen molar-refractivity contribution in [2.24, 2.45) is 24.8 Å². The first-order chi connectivity index (χ1) is 15.1. The molecule has 1 N–H and O–H groups in total. The molecule has 31 heavy (non-hydrogen) atoms. The fraction of sp³-hybridized carbons (Fsp3) is 0.480. The van der Waals surface area contributed by atoms with Gasteiger partial charge in [0, 0.05) is 37.0 Å². The number of rotatable bonds is 5. The molecule has 1 amide bonds. The number of benzene rings is 1. The van der Waals surface area contributed by atoms with Crippen LogP contribution in [-0.2, 0) is 19.0 Å². The highest BCUT2D eigenvalue weighted by molar-refractivity contribution is 5.95. The van der Waals surface area contributed by atoms with Gasteiger partial charge in [0.2, 0.25) is 0 Å². The first kappa shape index (κ1) is 18.8. The number of amides is 1. The molecule has 160 valence electrons. The van der Waals surface area contributed by atoms with Crippen molar-refractivity contribution < 1.29 is 4.79 Å². The van der Waals surface area contributed by atoms with Crippen LogP contribution in [0.15, 0.2) is 48.9 Å². The van der Waals surface area contributed by atoms with Crippen LogP contribution < -0.4 is 5.32 Å². The summed E-state index contributed by atoms with van der Waals surface area (Å²) in [5.74, 6) is 2.38. The van der Waals surface area contributed by atoms with Gasteiger partial charge in [-0.2, -0.15) is 10.2 Å². The Morgan fingerprint density at radius 2 is 1.74 bits per heavy atom. The van der Waals surface area contributed by atoms with Crippen LogP contribution in [0.3, 0.4) is 0 Å². The van der Waals surface area contributed by atoms with Gasteiger partial charge in [0.25, 0.3) is 5.91 Å². The van der Waals surface area contributed by atoms with E-state index >= 15 is 0 Å². The standard InChI is InChI=1S/C25H29N5O/c1-29-15-20(14-27-29)13-26-24(31)22-16-30(21-5-3-2-4-6-21)28-23(22)25-10-17-7-18(11-25)9-19(8-17)12-25/h2-6,14-19H,7-13H2,1H3,(H,26,31). The Balaban J connectivity index is 1.37. The fourth-order valence-electron chi connectivity index (χ4n) is 6.89. The number of aryl methyl sites for hydroxylation is 1. The lowest BCUT2D eigenvalue weighted by Crippen LogP contribution is -2.49. The molecule has 4 fully saturated rings. The van der Waals surface area contributed by atoms with Gasteiger partial charge < -0.3 is 5.32 Å². The molecule has 2 aromatic heterocycles. The summed E-state index contributed by atoms with van der Waals surface area (Å²) in [7, 11) is 1.89. The van der Waals surface area contributed by atoms with Crippen LogP contribution in [0.2, 0.25) is 0 Å². The minimum Gasteiger partial charge on any atom is -0.348 e. The maximum absolute atomic E-state index is 13.4. The number of hydrogen-bond donors (Lipinski definition) is 1. The van der Waals surface area contributed by atoms with E-state index in [4.69, 9.17) is 5.10 Å². The molecular formula is C25H29N5O. The van der Waals surface area contributed by atoms with E-state index in [-0.39, 0.29) is 11.3 Å². The van der Waals surface area contributed by atoms with Crippen molar-refractivity contribution >= 4 is 5.91 Å². The van der Waals surface area contributed by atoms with E-state index in [0.29, 0.717) is 6.54 Å². The van der Waals surface area contributed by atoms with Crippen LogP contribution in [0.25, 0.3) is 5.69 Å². The minimum absolute atomic E-state index is 0.0308. The smallest absolute Gasteiger partial charge is 0.255 e. The summed E-state index contributed by atoms with van der Waals surface area (Å²) in [6, 6.07) is 10.1. The van der Waals surface area contributed by atoms with Crippen molar-refractivity contribution in [1.29, 1.82) is 0 Å². The molecule has 0 saturated heterocycles. The molecule has 1 aromatic carbocycles. The van der Waals surface area contributed by atoms with Gasteiger partial charge in [-0.1, -0.05) is 18.2 Å². The molecule has 0 aliphatic heterocycles. The van der Waals surface area contributed by atoms with E-state index in [9.17, 15) is 4.79 Å². The molecule has 2 heterocycles. The third kappa shape index (κ3) is 3.29. The van der Waals surface area contributed by atoms with Gasteiger partial charge in [0.05, 0.1) is 23.1 Å². The Bertz CT molecular complexity index is 1080. The van der Waals surface area contributed by atoms with Gasteiger partial charge >= 0.3 is 0 Å². The van der Waals surface area contributed by atoms with Crippen LogP contribution in [0.1, 0.15) is 60.1 Å². The summed E-state index contributed by atoms with van der Waals surface area (Å²) in [4.78, 5) is 13.4. The molecule has 4 aliphatic rings. The maximum Gasteiger partial charge on any atom is 0.255 e. The molecule has 4 bridgehead atoms. The lowest BCUT2D eigenvalue weighted by molar-refractivity contribution is -0.00770. The van der Waals surface area contributed by atoms with E-state index in [0.717, 1.165) is 40.3 Å². The second-order valence-electron chi connectivity index (χ2n) is 10.1. The van der Waals surface area contributed by atoms with Crippen LogP contribution in [0.5, 0.6) is 0 Å². The summed E-state index contributed by atoms with van der Waals surface area (Å²) in [6.07, 6.45) is 13.4. The molecule has 0 atom stereocenters. The van der Waals surface area contributed by atoms with E-state index in [1.807, 2.05) is 54.5 Å². The zero-order chi connectivity index (χ0) is 21.0. The van der Waals surface area contributed by atoms with Gasteiger partial charge in [-0.15, -0.1) is 0 Å². The highest BCUT2D eigenvalue weighted by Gasteiger charge is 2.53. The van der Waals surface area contributed by atoms with Crippen LogP contribution in [-0.4, -0.2) is 25.5 Å². The van der Waals surface area contributed by atoms with Crippen molar-refractivity contribution in [2.75, 3.05) is 0 Å². The van der Waals surface area contributed by atoms with E-state index in [2.05, 4.69) is 10.4 Å². The molecule has 0 radical (unpaired) electrons. The van der Waals surface area contributed by atoms with Gasteiger partial charge in [0.15, 0.2) is 0 Å². The molecular weight excluding hydrogens is 386 g/mol. The summed E-state index contributed by atoms with van der Waals surface area (Å²) in [5.41, 5.74) is 3.84. The first-order valence-corrected chi connectivity index (χ1v) is 11.5. The van der Waals surface area contributed by atoms with Crippen molar-refractivity contribution in [3.63, 3.8) is 0 Å². The van der Waals surface area contributed by atoms with Gasteiger partial charge in [0.1, 0.15) is 0 Å². The van der Waals surface area contributed by atoms with Crippen molar-refractivity contribution in [3.8, 4) is 5.69 Å².